The highest BCUT2D eigenvalue weighted by molar-refractivity contribution is 4.81. The fourth-order valence-corrected chi connectivity index (χ4v) is 1.57. The lowest BCUT2D eigenvalue weighted by atomic mass is 10.1. The molecule has 66 valence electrons. The minimum absolute atomic E-state index is 0.220. The molecule has 3 nitrogen and oxygen atoms in total. The third-order valence-electron chi connectivity index (χ3n) is 2.46. The van der Waals surface area contributed by atoms with Gasteiger partial charge < -0.3 is 10.0 Å². The van der Waals surface area contributed by atoms with E-state index in [0.717, 1.165) is 19.6 Å². The van der Waals surface area contributed by atoms with E-state index in [0.29, 0.717) is 6.04 Å². The molecule has 2 unspecified atom stereocenters. The van der Waals surface area contributed by atoms with Gasteiger partial charge in [0.25, 0.3) is 0 Å². The van der Waals surface area contributed by atoms with Crippen molar-refractivity contribution in [2.75, 3.05) is 33.7 Å². The number of hydrogen-bond donors (Lipinski definition) is 1. The van der Waals surface area contributed by atoms with Crippen molar-refractivity contribution in [2.45, 2.75) is 19.1 Å². The summed E-state index contributed by atoms with van der Waals surface area (Å²) in [5.74, 6) is 0. The van der Waals surface area contributed by atoms with E-state index in [1.807, 2.05) is 6.92 Å². The zero-order valence-corrected chi connectivity index (χ0v) is 7.62. The molecule has 1 rings (SSSR count). The minimum atomic E-state index is -0.220. The van der Waals surface area contributed by atoms with Crippen LogP contribution in [0.5, 0.6) is 0 Å². The van der Waals surface area contributed by atoms with Gasteiger partial charge in [0.05, 0.1) is 6.10 Å². The molecule has 0 aromatic heterocycles. The molecule has 1 saturated heterocycles. The van der Waals surface area contributed by atoms with E-state index in [4.69, 9.17) is 0 Å². The van der Waals surface area contributed by atoms with Gasteiger partial charge in [0.2, 0.25) is 0 Å². The first kappa shape index (κ1) is 8.97. The summed E-state index contributed by atoms with van der Waals surface area (Å²) in [6.07, 6.45) is -0.220. The van der Waals surface area contributed by atoms with Crippen molar-refractivity contribution in [1.29, 1.82) is 0 Å². The molecule has 1 N–H and O–H groups in total. The fourth-order valence-electron chi connectivity index (χ4n) is 1.57. The summed E-state index contributed by atoms with van der Waals surface area (Å²) in [4.78, 5) is 4.49. The Hall–Kier alpha value is -0.120. The van der Waals surface area contributed by atoms with Crippen molar-refractivity contribution in [3.63, 3.8) is 0 Å². The van der Waals surface area contributed by atoms with E-state index in [9.17, 15) is 5.11 Å². The van der Waals surface area contributed by atoms with Gasteiger partial charge in [-0.15, -0.1) is 0 Å². The molecule has 11 heavy (non-hydrogen) atoms. The molecule has 1 aliphatic rings. The van der Waals surface area contributed by atoms with Crippen LogP contribution in [0.2, 0.25) is 0 Å². The molecule has 0 radical (unpaired) electrons. The molecule has 2 atom stereocenters. The summed E-state index contributed by atoms with van der Waals surface area (Å²) in [5, 5.41) is 9.40. The van der Waals surface area contributed by atoms with Crippen LogP contribution in [0.3, 0.4) is 0 Å². The normalized spacial score (nSPS) is 32.2. The van der Waals surface area contributed by atoms with Crippen LogP contribution in [-0.2, 0) is 0 Å². The van der Waals surface area contributed by atoms with Crippen LogP contribution in [0.1, 0.15) is 6.92 Å². The number of rotatable bonds is 1. The second-order valence-electron chi connectivity index (χ2n) is 3.55. The first-order valence-electron chi connectivity index (χ1n) is 4.18. The van der Waals surface area contributed by atoms with Gasteiger partial charge in [-0.3, -0.25) is 4.90 Å². The zero-order valence-electron chi connectivity index (χ0n) is 7.62. The molecule has 0 spiro atoms. The van der Waals surface area contributed by atoms with E-state index in [-0.39, 0.29) is 6.10 Å². The summed E-state index contributed by atoms with van der Waals surface area (Å²) < 4.78 is 0. The number of hydrogen-bond acceptors (Lipinski definition) is 3. The Bertz CT molecular complexity index is 127. The summed E-state index contributed by atoms with van der Waals surface area (Å²) in [5.41, 5.74) is 0. The van der Waals surface area contributed by atoms with Gasteiger partial charge in [0.1, 0.15) is 0 Å². The highest BCUT2D eigenvalue weighted by Crippen LogP contribution is 2.08. The van der Waals surface area contributed by atoms with E-state index in [2.05, 4.69) is 23.9 Å². The second-order valence-corrected chi connectivity index (χ2v) is 3.55. The molecule has 0 amide bonds. The Labute approximate surface area is 68.6 Å². The largest absolute Gasteiger partial charge is 0.392 e. The predicted molar refractivity (Wildman–Crippen MR) is 45.6 cm³/mol. The maximum absolute atomic E-state index is 9.40. The fraction of sp³-hybridized carbons (Fsp3) is 1.00. The van der Waals surface area contributed by atoms with Crippen molar-refractivity contribution >= 4 is 0 Å². The predicted octanol–water partition coefficient (Wildman–Crippen LogP) is -0.387. The van der Waals surface area contributed by atoms with Gasteiger partial charge in [-0.25, -0.2) is 0 Å². The molecule has 0 aromatic rings. The maximum atomic E-state index is 9.40. The van der Waals surface area contributed by atoms with Crippen molar-refractivity contribution in [2.24, 2.45) is 0 Å². The Balaban J connectivity index is 2.47. The van der Waals surface area contributed by atoms with Crippen molar-refractivity contribution in [3.05, 3.63) is 0 Å². The standard InChI is InChI=1S/C8H18N2O/c1-7(11)8-6-9(2)4-5-10(8)3/h7-8,11H,4-6H2,1-3H3. The number of piperazine rings is 1. The second kappa shape index (κ2) is 3.52. The summed E-state index contributed by atoms with van der Waals surface area (Å²) in [7, 11) is 4.17. The third-order valence-corrected chi connectivity index (χ3v) is 2.46. The van der Waals surface area contributed by atoms with Crippen LogP contribution in [0, 0.1) is 0 Å². The lowest BCUT2D eigenvalue weighted by Crippen LogP contribution is -2.54. The average Bonchev–Trinajstić information content (AvgIpc) is 1.94. The van der Waals surface area contributed by atoms with E-state index in [1.54, 1.807) is 0 Å². The van der Waals surface area contributed by atoms with Gasteiger partial charge in [-0.2, -0.15) is 0 Å². The highest BCUT2D eigenvalue weighted by atomic mass is 16.3. The smallest absolute Gasteiger partial charge is 0.0679 e. The van der Waals surface area contributed by atoms with E-state index < -0.39 is 0 Å². The molecule has 0 saturated carbocycles. The van der Waals surface area contributed by atoms with Gasteiger partial charge in [0, 0.05) is 25.7 Å². The van der Waals surface area contributed by atoms with E-state index in [1.165, 1.54) is 0 Å². The van der Waals surface area contributed by atoms with Gasteiger partial charge in [-0.1, -0.05) is 0 Å². The van der Waals surface area contributed by atoms with Crippen molar-refractivity contribution in [3.8, 4) is 0 Å². The van der Waals surface area contributed by atoms with Gasteiger partial charge in [-0.05, 0) is 21.0 Å². The third kappa shape index (κ3) is 2.15. The number of aliphatic hydroxyl groups excluding tert-OH is 1. The molecule has 1 fully saturated rings. The number of likely N-dealkylation sites (N-methyl/N-ethyl adjacent to an activating group) is 2. The first-order chi connectivity index (χ1) is 5.11. The quantitative estimate of drug-likeness (QED) is 0.563. The maximum Gasteiger partial charge on any atom is 0.0679 e. The molecule has 0 bridgehead atoms. The molecule has 0 aromatic carbocycles. The van der Waals surface area contributed by atoms with Crippen LogP contribution in [0.25, 0.3) is 0 Å². The highest BCUT2D eigenvalue weighted by Gasteiger charge is 2.25. The first-order valence-corrected chi connectivity index (χ1v) is 4.18. The summed E-state index contributed by atoms with van der Waals surface area (Å²) in [6, 6.07) is 0.314. The van der Waals surface area contributed by atoms with Crippen LogP contribution >= 0.6 is 0 Å². The molecule has 1 aliphatic heterocycles. The Morgan fingerprint density at radius 2 is 2.00 bits per heavy atom. The molecular weight excluding hydrogens is 140 g/mol. The van der Waals surface area contributed by atoms with Crippen molar-refractivity contribution < 1.29 is 5.11 Å². The monoisotopic (exact) mass is 158 g/mol. The van der Waals surface area contributed by atoms with Crippen LogP contribution < -0.4 is 0 Å². The number of nitrogens with zero attached hydrogens (tertiary/aromatic N) is 2. The molecular formula is C8H18N2O. The molecule has 1 heterocycles. The average molecular weight is 158 g/mol. The lowest BCUT2D eigenvalue weighted by molar-refractivity contribution is 0.0243. The van der Waals surface area contributed by atoms with Gasteiger partial charge in [0.15, 0.2) is 0 Å². The van der Waals surface area contributed by atoms with Crippen LogP contribution in [0.4, 0.5) is 0 Å². The summed E-state index contributed by atoms with van der Waals surface area (Å²) in [6.45, 7) is 5.01. The van der Waals surface area contributed by atoms with E-state index >= 15 is 0 Å². The zero-order chi connectivity index (χ0) is 8.43. The van der Waals surface area contributed by atoms with Gasteiger partial charge >= 0.3 is 0 Å². The lowest BCUT2D eigenvalue weighted by Gasteiger charge is -2.39. The topological polar surface area (TPSA) is 26.7 Å². The molecule has 3 heteroatoms. The minimum Gasteiger partial charge on any atom is -0.392 e. The number of aliphatic hydroxyl groups is 1. The van der Waals surface area contributed by atoms with Crippen LogP contribution in [-0.4, -0.2) is 60.8 Å². The molecule has 0 aliphatic carbocycles. The Morgan fingerprint density at radius 1 is 1.36 bits per heavy atom. The SMILES string of the molecule is CC(O)C1CN(C)CCN1C. The Kier molecular flexibility index (Phi) is 2.87. The summed E-state index contributed by atoms with van der Waals surface area (Å²) >= 11 is 0. The van der Waals surface area contributed by atoms with Crippen molar-refractivity contribution in [1.82, 2.24) is 9.80 Å². The van der Waals surface area contributed by atoms with Crippen LogP contribution in [0.15, 0.2) is 0 Å². The Morgan fingerprint density at radius 3 is 2.45 bits per heavy atom.